The van der Waals surface area contributed by atoms with Gasteiger partial charge in [-0.2, -0.15) is 11.8 Å². The summed E-state index contributed by atoms with van der Waals surface area (Å²) in [5.74, 6) is 0.186. The molecule has 0 aromatic heterocycles. The fourth-order valence-corrected chi connectivity index (χ4v) is 3.53. The summed E-state index contributed by atoms with van der Waals surface area (Å²) >= 11 is 1.40. The maximum Gasteiger partial charge on any atom is 0.261 e. The summed E-state index contributed by atoms with van der Waals surface area (Å²) in [6.45, 7) is 4.23. The molecule has 1 aliphatic rings. The molecule has 1 heterocycles. The normalized spacial score (nSPS) is 13.1. The lowest BCUT2D eigenvalue weighted by Gasteiger charge is -2.13. The van der Waals surface area contributed by atoms with Crippen LogP contribution in [0.3, 0.4) is 0 Å². The van der Waals surface area contributed by atoms with E-state index in [-0.39, 0.29) is 23.5 Å². The first-order chi connectivity index (χ1) is 12.5. The van der Waals surface area contributed by atoms with E-state index in [4.69, 9.17) is 0 Å². The highest BCUT2D eigenvalue weighted by Crippen LogP contribution is 2.22. The van der Waals surface area contributed by atoms with Crippen molar-refractivity contribution in [3.8, 4) is 0 Å². The highest BCUT2D eigenvalue weighted by atomic mass is 32.2. The van der Waals surface area contributed by atoms with Crippen LogP contribution in [0.15, 0.2) is 42.5 Å². The first kappa shape index (κ1) is 18.2. The van der Waals surface area contributed by atoms with Crippen molar-refractivity contribution < 1.29 is 14.4 Å². The molecule has 26 heavy (non-hydrogen) atoms. The fourth-order valence-electron chi connectivity index (χ4n) is 2.82. The number of benzene rings is 2. The second kappa shape index (κ2) is 7.74. The second-order valence-corrected chi connectivity index (χ2v) is 7.33. The molecule has 2 aromatic rings. The van der Waals surface area contributed by atoms with Crippen LogP contribution in [-0.4, -0.2) is 40.7 Å². The molecule has 0 saturated carbocycles. The Morgan fingerprint density at radius 2 is 1.69 bits per heavy atom. The fraction of sp³-hybridized carbons (Fsp3) is 0.250. The van der Waals surface area contributed by atoms with Gasteiger partial charge in [0.1, 0.15) is 0 Å². The van der Waals surface area contributed by atoms with Gasteiger partial charge in [0, 0.05) is 18.0 Å². The summed E-state index contributed by atoms with van der Waals surface area (Å²) in [7, 11) is 0. The van der Waals surface area contributed by atoms with Crippen LogP contribution in [0.25, 0.3) is 0 Å². The number of hydrogen-bond acceptors (Lipinski definition) is 4. The van der Waals surface area contributed by atoms with Crippen molar-refractivity contribution in [1.29, 1.82) is 0 Å². The molecule has 6 heteroatoms. The van der Waals surface area contributed by atoms with Gasteiger partial charge in [-0.15, -0.1) is 0 Å². The summed E-state index contributed by atoms with van der Waals surface area (Å²) in [4.78, 5) is 37.9. The van der Waals surface area contributed by atoms with Gasteiger partial charge in [-0.05, 0) is 43.2 Å². The zero-order chi connectivity index (χ0) is 18.7. The Balaban J connectivity index is 1.47. The van der Waals surface area contributed by atoms with E-state index in [0.29, 0.717) is 23.4 Å². The van der Waals surface area contributed by atoms with Crippen molar-refractivity contribution in [2.75, 3.05) is 23.4 Å². The van der Waals surface area contributed by atoms with Gasteiger partial charge in [-0.25, -0.2) is 0 Å². The number of anilines is 1. The van der Waals surface area contributed by atoms with E-state index < -0.39 is 0 Å². The van der Waals surface area contributed by atoms with E-state index in [9.17, 15) is 14.4 Å². The smallest absolute Gasteiger partial charge is 0.261 e. The van der Waals surface area contributed by atoms with Crippen LogP contribution >= 0.6 is 11.8 Å². The van der Waals surface area contributed by atoms with Crippen LogP contribution < -0.4 is 5.32 Å². The molecule has 1 aliphatic heterocycles. The predicted octanol–water partition coefficient (Wildman–Crippen LogP) is 3.27. The van der Waals surface area contributed by atoms with E-state index in [2.05, 4.69) is 5.32 Å². The first-order valence-corrected chi connectivity index (χ1v) is 9.53. The number of rotatable bonds is 6. The number of fused-ring (bicyclic) bond motifs is 1. The van der Waals surface area contributed by atoms with Crippen LogP contribution in [0.1, 0.15) is 31.8 Å². The average Bonchev–Trinajstić information content (AvgIpc) is 2.87. The molecule has 3 amide bonds. The Morgan fingerprint density at radius 1 is 1.04 bits per heavy atom. The van der Waals surface area contributed by atoms with Gasteiger partial charge in [0.15, 0.2) is 0 Å². The van der Waals surface area contributed by atoms with Crippen molar-refractivity contribution >= 4 is 35.2 Å². The van der Waals surface area contributed by atoms with Gasteiger partial charge in [0.2, 0.25) is 5.91 Å². The Kier molecular flexibility index (Phi) is 5.42. The van der Waals surface area contributed by atoms with Crippen LogP contribution in [0.4, 0.5) is 5.69 Å². The number of carbonyl (C=O) groups is 3. The standard InChI is InChI=1S/C20H20N2O3S/c1-13-7-8-14(2)17(11-13)21-18(23)12-26-10-9-22-19(24)15-5-3-4-6-16(15)20(22)25/h3-8,11H,9-10,12H2,1-2H3,(H,21,23). The number of nitrogens with zero attached hydrogens (tertiary/aromatic N) is 1. The molecule has 0 unspecified atom stereocenters. The summed E-state index contributed by atoms with van der Waals surface area (Å²) in [6.07, 6.45) is 0. The van der Waals surface area contributed by atoms with E-state index in [1.54, 1.807) is 24.3 Å². The summed E-state index contributed by atoms with van der Waals surface area (Å²) < 4.78 is 0. The maximum atomic E-state index is 12.3. The molecule has 0 spiro atoms. The number of thioether (sulfide) groups is 1. The molecule has 3 rings (SSSR count). The zero-order valence-corrected chi connectivity index (χ0v) is 15.6. The van der Waals surface area contributed by atoms with E-state index in [0.717, 1.165) is 16.8 Å². The lowest BCUT2D eigenvalue weighted by Crippen LogP contribution is -2.32. The quantitative estimate of drug-likeness (QED) is 0.628. The zero-order valence-electron chi connectivity index (χ0n) is 14.7. The SMILES string of the molecule is Cc1ccc(C)c(NC(=O)CSCCN2C(=O)c3ccccc3C2=O)c1. The largest absolute Gasteiger partial charge is 0.325 e. The number of imide groups is 1. The van der Waals surface area contributed by atoms with Gasteiger partial charge in [-0.1, -0.05) is 24.3 Å². The Hall–Kier alpha value is -2.60. The predicted molar refractivity (Wildman–Crippen MR) is 104 cm³/mol. The minimum absolute atomic E-state index is 0.0916. The third kappa shape index (κ3) is 3.80. The number of amides is 3. The van der Waals surface area contributed by atoms with Crippen LogP contribution in [0, 0.1) is 13.8 Å². The minimum atomic E-state index is -0.258. The average molecular weight is 368 g/mol. The van der Waals surface area contributed by atoms with Crippen molar-refractivity contribution in [3.05, 3.63) is 64.7 Å². The molecule has 0 saturated heterocycles. The molecule has 1 N–H and O–H groups in total. The maximum absolute atomic E-state index is 12.3. The van der Waals surface area contributed by atoms with E-state index in [1.807, 2.05) is 32.0 Å². The summed E-state index contributed by atoms with van der Waals surface area (Å²) in [5, 5.41) is 2.90. The van der Waals surface area contributed by atoms with Gasteiger partial charge in [0.05, 0.1) is 16.9 Å². The number of hydrogen-bond donors (Lipinski definition) is 1. The molecule has 0 atom stereocenters. The number of aryl methyl sites for hydroxylation is 2. The second-order valence-electron chi connectivity index (χ2n) is 6.23. The lowest BCUT2D eigenvalue weighted by atomic mass is 10.1. The van der Waals surface area contributed by atoms with Crippen molar-refractivity contribution in [2.45, 2.75) is 13.8 Å². The molecular formula is C20H20N2O3S. The Morgan fingerprint density at radius 3 is 2.35 bits per heavy atom. The van der Waals surface area contributed by atoms with Crippen molar-refractivity contribution in [3.63, 3.8) is 0 Å². The summed E-state index contributed by atoms with van der Waals surface area (Å²) in [6, 6.07) is 12.7. The van der Waals surface area contributed by atoms with Gasteiger partial charge >= 0.3 is 0 Å². The molecule has 5 nitrogen and oxygen atoms in total. The van der Waals surface area contributed by atoms with Gasteiger partial charge in [0.25, 0.3) is 11.8 Å². The molecule has 0 fully saturated rings. The molecule has 0 bridgehead atoms. The molecule has 0 radical (unpaired) electrons. The monoisotopic (exact) mass is 368 g/mol. The minimum Gasteiger partial charge on any atom is -0.325 e. The topological polar surface area (TPSA) is 66.5 Å². The van der Waals surface area contributed by atoms with Crippen molar-refractivity contribution in [2.24, 2.45) is 0 Å². The van der Waals surface area contributed by atoms with Crippen molar-refractivity contribution in [1.82, 2.24) is 4.90 Å². The van der Waals surface area contributed by atoms with E-state index >= 15 is 0 Å². The molecule has 2 aromatic carbocycles. The van der Waals surface area contributed by atoms with Crippen LogP contribution in [0.5, 0.6) is 0 Å². The third-order valence-electron chi connectivity index (χ3n) is 4.24. The lowest BCUT2D eigenvalue weighted by molar-refractivity contribution is -0.113. The van der Waals surface area contributed by atoms with Crippen LogP contribution in [-0.2, 0) is 4.79 Å². The molecule has 134 valence electrons. The summed E-state index contributed by atoms with van der Waals surface area (Å²) in [5.41, 5.74) is 3.82. The Labute approximate surface area is 156 Å². The highest BCUT2D eigenvalue weighted by molar-refractivity contribution is 7.99. The van der Waals surface area contributed by atoms with Gasteiger partial charge < -0.3 is 5.32 Å². The number of nitrogens with one attached hydrogen (secondary N) is 1. The first-order valence-electron chi connectivity index (χ1n) is 8.37. The van der Waals surface area contributed by atoms with Crippen LogP contribution in [0.2, 0.25) is 0 Å². The highest BCUT2D eigenvalue weighted by Gasteiger charge is 2.34. The molecular weight excluding hydrogens is 348 g/mol. The number of carbonyl (C=O) groups excluding carboxylic acids is 3. The Bertz CT molecular complexity index is 844. The molecule has 0 aliphatic carbocycles. The van der Waals surface area contributed by atoms with E-state index in [1.165, 1.54) is 16.7 Å². The van der Waals surface area contributed by atoms with Gasteiger partial charge in [-0.3, -0.25) is 19.3 Å². The third-order valence-corrected chi connectivity index (χ3v) is 5.18.